The number of rotatable bonds is 5. The number of carbonyl (C=O) groups is 1. The zero-order valence-corrected chi connectivity index (χ0v) is 18.6. The molecule has 1 fully saturated rings. The van der Waals surface area contributed by atoms with Crippen molar-refractivity contribution in [2.24, 2.45) is 0 Å². The van der Waals surface area contributed by atoms with Gasteiger partial charge in [0.15, 0.2) is 0 Å². The van der Waals surface area contributed by atoms with Crippen molar-refractivity contribution >= 4 is 22.6 Å². The maximum atomic E-state index is 11.5. The van der Waals surface area contributed by atoms with Crippen LogP contribution >= 0.6 is 0 Å². The summed E-state index contributed by atoms with van der Waals surface area (Å²) in [6.45, 7) is 1.84. The maximum absolute atomic E-state index is 11.5. The van der Waals surface area contributed by atoms with Gasteiger partial charge in [0.05, 0.1) is 29.6 Å². The molecule has 1 aliphatic rings. The Morgan fingerprint density at radius 1 is 0.970 bits per heavy atom. The van der Waals surface area contributed by atoms with Crippen molar-refractivity contribution in [1.82, 2.24) is 4.98 Å². The Bertz CT molecular complexity index is 1280. The molecule has 166 valence electrons. The molecule has 0 unspecified atom stereocenters. The first kappa shape index (κ1) is 21.0. The van der Waals surface area contributed by atoms with E-state index in [0.29, 0.717) is 5.92 Å². The molecular weight excluding hydrogens is 412 g/mol. The van der Waals surface area contributed by atoms with Crippen LogP contribution < -0.4 is 9.64 Å². The number of carboxylic acid groups (broad SMARTS) is 1. The van der Waals surface area contributed by atoms with Gasteiger partial charge >= 0.3 is 5.97 Å². The summed E-state index contributed by atoms with van der Waals surface area (Å²) in [5.74, 6) is 0.469. The molecule has 0 spiro atoms. The van der Waals surface area contributed by atoms with E-state index in [0.717, 1.165) is 59.5 Å². The third-order valence-electron chi connectivity index (χ3n) is 6.51. The molecule has 0 amide bonds. The first-order chi connectivity index (χ1) is 16.1. The predicted molar refractivity (Wildman–Crippen MR) is 131 cm³/mol. The number of nitrogens with zero attached hydrogens (tertiary/aromatic N) is 2. The molecule has 1 saturated heterocycles. The average molecular weight is 439 g/mol. The van der Waals surface area contributed by atoms with E-state index < -0.39 is 5.97 Å². The van der Waals surface area contributed by atoms with Gasteiger partial charge in [-0.05, 0) is 60.7 Å². The molecule has 33 heavy (non-hydrogen) atoms. The first-order valence-corrected chi connectivity index (χ1v) is 11.2. The fourth-order valence-corrected chi connectivity index (χ4v) is 4.68. The number of pyridine rings is 1. The summed E-state index contributed by atoms with van der Waals surface area (Å²) >= 11 is 0. The van der Waals surface area contributed by atoms with Crippen molar-refractivity contribution in [2.75, 3.05) is 25.1 Å². The molecule has 1 aromatic heterocycles. The third-order valence-corrected chi connectivity index (χ3v) is 6.51. The van der Waals surface area contributed by atoms with Crippen molar-refractivity contribution in [1.29, 1.82) is 0 Å². The summed E-state index contributed by atoms with van der Waals surface area (Å²) in [5, 5.41) is 10.3. The summed E-state index contributed by atoms with van der Waals surface area (Å²) in [5.41, 5.74) is 5.49. The second-order valence-electron chi connectivity index (χ2n) is 8.47. The fourth-order valence-electron chi connectivity index (χ4n) is 4.68. The van der Waals surface area contributed by atoms with Crippen LogP contribution in [0.1, 0.15) is 34.7 Å². The van der Waals surface area contributed by atoms with Crippen LogP contribution in [0.3, 0.4) is 0 Å². The van der Waals surface area contributed by atoms with Crippen molar-refractivity contribution in [2.45, 2.75) is 18.8 Å². The van der Waals surface area contributed by atoms with Crippen LogP contribution in [0.4, 0.5) is 5.69 Å². The van der Waals surface area contributed by atoms with E-state index >= 15 is 0 Å². The predicted octanol–water partition coefficient (Wildman–Crippen LogP) is 5.99. The van der Waals surface area contributed by atoms with Gasteiger partial charge in [0.2, 0.25) is 0 Å². The molecule has 0 saturated carbocycles. The van der Waals surface area contributed by atoms with E-state index in [4.69, 9.17) is 9.72 Å². The van der Waals surface area contributed by atoms with Crippen molar-refractivity contribution in [3.8, 4) is 17.0 Å². The molecular formula is C28H26N2O3. The van der Waals surface area contributed by atoms with Crippen LogP contribution in [-0.2, 0) is 0 Å². The lowest BCUT2D eigenvalue weighted by Gasteiger charge is -2.35. The SMILES string of the molecule is COc1ccc(C2CCN(c3cc4cc(C(=O)O)ccc4nc3-c3ccccc3)CC2)cc1. The Balaban J connectivity index is 1.48. The third kappa shape index (κ3) is 4.27. The van der Waals surface area contributed by atoms with Gasteiger partial charge in [-0.15, -0.1) is 0 Å². The van der Waals surface area contributed by atoms with Crippen LogP contribution in [0.15, 0.2) is 78.9 Å². The number of hydrogen-bond donors (Lipinski definition) is 1. The molecule has 0 aliphatic carbocycles. The second-order valence-corrected chi connectivity index (χ2v) is 8.47. The number of hydrogen-bond acceptors (Lipinski definition) is 4. The number of ether oxygens (including phenoxy) is 1. The smallest absolute Gasteiger partial charge is 0.335 e. The summed E-state index contributed by atoms with van der Waals surface area (Å²) in [7, 11) is 1.69. The zero-order chi connectivity index (χ0) is 22.8. The van der Waals surface area contributed by atoms with E-state index in [1.54, 1.807) is 25.3 Å². The van der Waals surface area contributed by atoms with E-state index in [2.05, 4.69) is 35.2 Å². The minimum atomic E-state index is -0.925. The molecule has 5 heteroatoms. The number of piperidine rings is 1. The van der Waals surface area contributed by atoms with E-state index in [1.807, 2.05) is 30.3 Å². The van der Waals surface area contributed by atoms with Crippen LogP contribution in [0.2, 0.25) is 0 Å². The maximum Gasteiger partial charge on any atom is 0.335 e. The molecule has 4 aromatic rings. The Kier molecular flexibility index (Phi) is 5.69. The van der Waals surface area contributed by atoms with Crippen LogP contribution in [0.5, 0.6) is 5.75 Å². The number of benzene rings is 3. The fraction of sp³-hybridized carbons (Fsp3) is 0.214. The highest BCUT2D eigenvalue weighted by molar-refractivity contribution is 5.96. The monoisotopic (exact) mass is 438 g/mol. The molecule has 2 heterocycles. The van der Waals surface area contributed by atoms with Crippen molar-refractivity contribution in [3.05, 3.63) is 90.0 Å². The molecule has 5 nitrogen and oxygen atoms in total. The average Bonchev–Trinajstić information content (AvgIpc) is 2.88. The Hall–Kier alpha value is -3.86. The van der Waals surface area contributed by atoms with Gasteiger partial charge in [-0.25, -0.2) is 9.78 Å². The largest absolute Gasteiger partial charge is 0.497 e. The lowest BCUT2D eigenvalue weighted by atomic mass is 9.89. The van der Waals surface area contributed by atoms with Gasteiger partial charge in [-0.1, -0.05) is 42.5 Å². The van der Waals surface area contributed by atoms with Gasteiger partial charge in [-0.2, -0.15) is 0 Å². The van der Waals surface area contributed by atoms with Gasteiger partial charge in [0.1, 0.15) is 5.75 Å². The van der Waals surface area contributed by atoms with Gasteiger partial charge in [0, 0.05) is 24.0 Å². The van der Waals surface area contributed by atoms with Gasteiger partial charge < -0.3 is 14.7 Å². The van der Waals surface area contributed by atoms with Crippen LogP contribution in [-0.4, -0.2) is 36.3 Å². The van der Waals surface area contributed by atoms with Crippen LogP contribution in [0.25, 0.3) is 22.2 Å². The summed E-state index contributed by atoms with van der Waals surface area (Å²) < 4.78 is 5.29. The minimum Gasteiger partial charge on any atom is -0.497 e. The van der Waals surface area contributed by atoms with Crippen LogP contribution in [0, 0.1) is 0 Å². The lowest BCUT2D eigenvalue weighted by Crippen LogP contribution is -2.33. The molecule has 0 radical (unpaired) electrons. The van der Waals surface area contributed by atoms with Crippen molar-refractivity contribution in [3.63, 3.8) is 0 Å². The molecule has 1 aliphatic heterocycles. The lowest BCUT2D eigenvalue weighted by molar-refractivity contribution is 0.0697. The Morgan fingerprint density at radius 2 is 1.70 bits per heavy atom. The number of carboxylic acids is 1. The second kappa shape index (κ2) is 8.94. The van der Waals surface area contributed by atoms with E-state index in [9.17, 15) is 9.90 Å². The number of anilines is 1. The highest BCUT2D eigenvalue weighted by atomic mass is 16.5. The summed E-state index contributed by atoms with van der Waals surface area (Å²) in [6, 6.07) is 25.8. The van der Waals surface area contributed by atoms with Gasteiger partial charge in [0.25, 0.3) is 0 Å². The molecule has 0 atom stereocenters. The Labute approximate surface area is 193 Å². The quantitative estimate of drug-likeness (QED) is 0.414. The van der Waals surface area contributed by atoms with E-state index in [-0.39, 0.29) is 5.56 Å². The Morgan fingerprint density at radius 3 is 2.36 bits per heavy atom. The normalized spacial score (nSPS) is 14.4. The highest BCUT2D eigenvalue weighted by Gasteiger charge is 2.24. The highest BCUT2D eigenvalue weighted by Crippen LogP contribution is 2.37. The van der Waals surface area contributed by atoms with Crippen molar-refractivity contribution < 1.29 is 14.6 Å². The summed E-state index contributed by atoms with van der Waals surface area (Å²) in [4.78, 5) is 18.9. The molecule has 1 N–H and O–H groups in total. The first-order valence-electron chi connectivity index (χ1n) is 11.2. The molecule has 5 rings (SSSR count). The topological polar surface area (TPSA) is 62.7 Å². The zero-order valence-electron chi connectivity index (χ0n) is 18.6. The molecule has 0 bridgehead atoms. The number of fused-ring (bicyclic) bond motifs is 1. The number of aromatic carboxylic acids is 1. The number of methoxy groups -OCH3 is 1. The molecule has 3 aromatic carbocycles. The van der Waals surface area contributed by atoms with Gasteiger partial charge in [-0.3, -0.25) is 0 Å². The standard InChI is InChI=1S/C28H26N2O3/c1-33-24-10-7-19(8-11-24)20-13-15-30(16-14-20)26-18-23-17-22(28(31)32)9-12-25(23)29-27(26)21-5-3-2-4-6-21/h2-12,17-18,20H,13-16H2,1H3,(H,31,32). The van der Waals surface area contributed by atoms with E-state index in [1.165, 1.54) is 5.56 Å². The number of aromatic nitrogens is 1. The minimum absolute atomic E-state index is 0.279. The summed E-state index contributed by atoms with van der Waals surface area (Å²) in [6.07, 6.45) is 2.10.